The summed E-state index contributed by atoms with van der Waals surface area (Å²) in [7, 11) is 0. The summed E-state index contributed by atoms with van der Waals surface area (Å²) in [6.45, 7) is 0. The van der Waals surface area contributed by atoms with E-state index >= 15 is 0 Å². The van der Waals surface area contributed by atoms with Gasteiger partial charge in [0.15, 0.2) is 12.6 Å². The van der Waals surface area contributed by atoms with E-state index in [4.69, 9.17) is 0 Å². The van der Waals surface area contributed by atoms with Crippen LogP contribution in [0.5, 0.6) is 0 Å². The van der Waals surface area contributed by atoms with Crippen molar-refractivity contribution >= 4 is 36.9 Å². The molecule has 0 amide bonds. The lowest BCUT2D eigenvalue weighted by molar-refractivity contribution is 0.109. The fraction of sp³-hybridized carbons (Fsp3) is 0. The molecule has 0 fully saturated rings. The molecule has 126 valence electrons. The van der Waals surface area contributed by atoms with Gasteiger partial charge in [-0.2, -0.15) is 0 Å². The van der Waals surface area contributed by atoms with Crippen molar-refractivity contribution in [2.75, 3.05) is 0 Å². The Morgan fingerprint density at radius 1 is 0.462 bits per heavy atom. The topological polar surface area (TPSA) is 34.1 Å². The molecule has 2 heteroatoms. The molecule has 0 aromatic heterocycles. The molecule has 3 rings (SSSR count). The summed E-state index contributed by atoms with van der Waals surface area (Å²) >= 11 is 0. The quantitative estimate of drug-likeness (QED) is 0.430. The van der Waals surface area contributed by atoms with Crippen molar-refractivity contribution in [1.29, 1.82) is 0 Å². The summed E-state index contributed by atoms with van der Waals surface area (Å²) in [4.78, 5) is 23.3. The number of hydrogen-bond acceptors (Lipinski definition) is 2. The summed E-state index contributed by atoms with van der Waals surface area (Å²) in [5.74, 6) is 0. The Morgan fingerprint density at radius 3 is 1.19 bits per heavy atom. The van der Waals surface area contributed by atoms with Crippen molar-refractivity contribution in [2.24, 2.45) is 0 Å². The van der Waals surface area contributed by atoms with Crippen molar-refractivity contribution in [3.8, 4) is 0 Å². The lowest BCUT2D eigenvalue weighted by Crippen LogP contribution is -1.98. The van der Waals surface area contributed by atoms with Crippen LogP contribution in [0.4, 0.5) is 0 Å². The van der Waals surface area contributed by atoms with E-state index in [0.29, 0.717) is 11.1 Å². The largest absolute Gasteiger partial charge is 0.298 e. The lowest BCUT2D eigenvalue weighted by atomic mass is 9.96. The second kappa shape index (κ2) is 8.54. The standard InChI is InChI=1S/C24H18O2/c25-17-23-21(13-11-19-7-3-1-4-8-19)15-16-22(24(23)18-26)14-12-20-9-5-2-6-10-20/h1-18H. The van der Waals surface area contributed by atoms with Gasteiger partial charge in [0.25, 0.3) is 0 Å². The zero-order valence-electron chi connectivity index (χ0n) is 14.2. The summed E-state index contributed by atoms with van der Waals surface area (Å²) in [5.41, 5.74) is 4.32. The van der Waals surface area contributed by atoms with Crippen LogP contribution >= 0.6 is 0 Å². The molecule has 0 saturated heterocycles. The van der Waals surface area contributed by atoms with E-state index in [1.807, 2.05) is 97.1 Å². The van der Waals surface area contributed by atoms with Crippen LogP contribution < -0.4 is 0 Å². The number of carbonyl (C=O) groups excluding carboxylic acids is 2. The Balaban J connectivity index is 1.96. The fourth-order valence-corrected chi connectivity index (χ4v) is 2.72. The molecular weight excluding hydrogens is 320 g/mol. The summed E-state index contributed by atoms with van der Waals surface area (Å²) in [6.07, 6.45) is 9.06. The van der Waals surface area contributed by atoms with Gasteiger partial charge in [0, 0.05) is 11.1 Å². The molecule has 0 radical (unpaired) electrons. The van der Waals surface area contributed by atoms with E-state index in [9.17, 15) is 9.59 Å². The van der Waals surface area contributed by atoms with Gasteiger partial charge >= 0.3 is 0 Å². The zero-order valence-corrected chi connectivity index (χ0v) is 14.2. The highest BCUT2D eigenvalue weighted by Crippen LogP contribution is 2.21. The third-order valence-corrected chi connectivity index (χ3v) is 4.10. The maximum atomic E-state index is 11.6. The number of hydrogen-bond donors (Lipinski definition) is 0. The van der Waals surface area contributed by atoms with E-state index in [0.717, 1.165) is 34.8 Å². The third-order valence-electron chi connectivity index (χ3n) is 4.10. The average Bonchev–Trinajstić information content (AvgIpc) is 2.71. The molecule has 0 aliphatic rings. The highest BCUT2D eigenvalue weighted by molar-refractivity contribution is 5.99. The molecule has 0 heterocycles. The Morgan fingerprint density at radius 2 is 0.846 bits per heavy atom. The second-order valence-electron chi connectivity index (χ2n) is 5.80. The van der Waals surface area contributed by atoms with E-state index in [-0.39, 0.29) is 0 Å². The molecule has 26 heavy (non-hydrogen) atoms. The van der Waals surface area contributed by atoms with Gasteiger partial charge in [-0.15, -0.1) is 0 Å². The smallest absolute Gasteiger partial charge is 0.151 e. The molecule has 0 bridgehead atoms. The molecule has 3 aromatic carbocycles. The normalized spacial score (nSPS) is 11.1. The maximum Gasteiger partial charge on any atom is 0.151 e. The van der Waals surface area contributed by atoms with Crippen LogP contribution in [0.15, 0.2) is 72.8 Å². The Kier molecular flexibility index (Phi) is 5.69. The van der Waals surface area contributed by atoms with Gasteiger partial charge in [0.2, 0.25) is 0 Å². The van der Waals surface area contributed by atoms with Gasteiger partial charge in [-0.3, -0.25) is 9.59 Å². The van der Waals surface area contributed by atoms with Gasteiger partial charge in [0.1, 0.15) is 0 Å². The molecule has 0 N–H and O–H groups in total. The molecular formula is C24H18O2. The summed E-state index contributed by atoms with van der Waals surface area (Å²) < 4.78 is 0. The number of carbonyl (C=O) groups is 2. The minimum absolute atomic E-state index is 0.405. The van der Waals surface area contributed by atoms with Crippen molar-refractivity contribution in [3.05, 3.63) is 106 Å². The fourth-order valence-electron chi connectivity index (χ4n) is 2.72. The molecule has 0 atom stereocenters. The molecule has 3 aromatic rings. The predicted octanol–water partition coefficient (Wildman–Crippen LogP) is 5.65. The van der Waals surface area contributed by atoms with Gasteiger partial charge in [0.05, 0.1) is 0 Å². The van der Waals surface area contributed by atoms with E-state index in [1.165, 1.54) is 0 Å². The monoisotopic (exact) mass is 338 g/mol. The van der Waals surface area contributed by atoms with Crippen molar-refractivity contribution < 1.29 is 9.59 Å². The minimum atomic E-state index is 0.405. The van der Waals surface area contributed by atoms with Gasteiger partial charge in [-0.05, 0) is 22.3 Å². The van der Waals surface area contributed by atoms with Gasteiger partial charge in [-0.25, -0.2) is 0 Å². The molecule has 0 aliphatic carbocycles. The first-order valence-electron chi connectivity index (χ1n) is 8.35. The first-order chi connectivity index (χ1) is 12.8. The highest BCUT2D eigenvalue weighted by Gasteiger charge is 2.09. The third kappa shape index (κ3) is 4.11. The maximum absolute atomic E-state index is 11.6. The Bertz CT molecular complexity index is 872. The van der Waals surface area contributed by atoms with Gasteiger partial charge in [-0.1, -0.05) is 97.1 Å². The minimum Gasteiger partial charge on any atom is -0.298 e. The van der Waals surface area contributed by atoms with E-state index in [1.54, 1.807) is 0 Å². The Hall–Kier alpha value is -3.52. The van der Waals surface area contributed by atoms with E-state index < -0.39 is 0 Å². The molecule has 0 saturated carbocycles. The molecule has 2 nitrogen and oxygen atoms in total. The van der Waals surface area contributed by atoms with Crippen molar-refractivity contribution in [1.82, 2.24) is 0 Å². The molecule has 0 aliphatic heterocycles. The zero-order chi connectivity index (χ0) is 18.2. The second-order valence-corrected chi connectivity index (χ2v) is 5.80. The summed E-state index contributed by atoms with van der Waals surface area (Å²) in [6, 6.07) is 23.4. The van der Waals surface area contributed by atoms with Crippen LogP contribution in [0.25, 0.3) is 24.3 Å². The molecule has 0 unspecified atom stereocenters. The number of benzene rings is 3. The van der Waals surface area contributed by atoms with Gasteiger partial charge < -0.3 is 0 Å². The van der Waals surface area contributed by atoms with E-state index in [2.05, 4.69) is 0 Å². The van der Waals surface area contributed by atoms with Crippen molar-refractivity contribution in [3.63, 3.8) is 0 Å². The first kappa shape index (κ1) is 17.3. The van der Waals surface area contributed by atoms with Crippen LogP contribution in [0, 0.1) is 0 Å². The predicted molar refractivity (Wildman–Crippen MR) is 108 cm³/mol. The van der Waals surface area contributed by atoms with Crippen LogP contribution in [-0.4, -0.2) is 12.6 Å². The van der Waals surface area contributed by atoms with Crippen LogP contribution in [-0.2, 0) is 0 Å². The summed E-state index contributed by atoms with van der Waals surface area (Å²) in [5, 5.41) is 0. The van der Waals surface area contributed by atoms with Crippen LogP contribution in [0.1, 0.15) is 43.0 Å². The first-order valence-corrected chi connectivity index (χ1v) is 8.35. The number of aldehydes is 2. The van der Waals surface area contributed by atoms with Crippen molar-refractivity contribution in [2.45, 2.75) is 0 Å². The molecule has 0 spiro atoms. The SMILES string of the molecule is O=Cc1c(C=Cc2ccccc2)ccc(C=Cc2ccccc2)c1C=O. The Labute approximate surface area is 153 Å². The highest BCUT2D eigenvalue weighted by atomic mass is 16.1. The lowest BCUT2D eigenvalue weighted by Gasteiger charge is -2.07. The number of rotatable bonds is 6. The van der Waals surface area contributed by atoms with Crippen LogP contribution in [0.2, 0.25) is 0 Å². The van der Waals surface area contributed by atoms with Crippen LogP contribution in [0.3, 0.4) is 0 Å². The average molecular weight is 338 g/mol.